The summed E-state index contributed by atoms with van der Waals surface area (Å²) in [5, 5.41) is 4.00. The number of nitrogens with zero attached hydrogens (tertiary/aromatic N) is 1. The van der Waals surface area contributed by atoms with E-state index in [1.54, 1.807) is 17.0 Å². The first-order valence-corrected chi connectivity index (χ1v) is 12.4. The molecule has 1 aliphatic rings. The smallest absolute Gasteiger partial charge is 0.261 e. The third-order valence-electron chi connectivity index (χ3n) is 6.12. The zero-order valence-corrected chi connectivity index (χ0v) is 20.8. The number of benzene rings is 2. The highest BCUT2D eigenvalue weighted by molar-refractivity contribution is 6.42. The highest BCUT2D eigenvalue weighted by atomic mass is 35.5. The van der Waals surface area contributed by atoms with Crippen LogP contribution >= 0.6 is 23.2 Å². The normalized spacial score (nSPS) is 14.7. The molecular weight excluding hydrogens is 459 g/mol. The first-order valence-electron chi connectivity index (χ1n) is 11.7. The Bertz CT molecular complexity index is 943. The first kappa shape index (κ1) is 25.4. The molecule has 7 heteroatoms. The number of aryl methyl sites for hydroxylation is 1. The Morgan fingerprint density at radius 1 is 1.03 bits per heavy atom. The summed E-state index contributed by atoms with van der Waals surface area (Å²) in [5.41, 5.74) is 2.00. The standard InChI is InChI=1S/C26H32Cl2N2O3/c1-3-18-9-12-21(13-10-18)33-17-25(31)30(16-19-11-14-22(27)23(28)15-19)24(4-2)26(32)29-20-7-5-6-8-20/h9-15,20,24H,3-8,16-17H2,1-2H3,(H,29,32)/t24-/m1/s1. The summed E-state index contributed by atoms with van der Waals surface area (Å²) >= 11 is 12.3. The van der Waals surface area contributed by atoms with Crippen LogP contribution in [0.2, 0.25) is 10.0 Å². The van der Waals surface area contributed by atoms with Crippen molar-refractivity contribution in [1.82, 2.24) is 10.2 Å². The van der Waals surface area contributed by atoms with Gasteiger partial charge in [-0.2, -0.15) is 0 Å². The Morgan fingerprint density at radius 2 is 1.70 bits per heavy atom. The van der Waals surface area contributed by atoms with E-state index in [9.17, 15) is 9.59 Å². The van der Waals surface area contributed by atoms with E-state index >= 15 is 0 Å². The molecule has 1 saturated carbocycles. The van der Waals surface area contributed by atoms with Gasteiger partial charge in [0.25, 0.3) is 5.91 Å². The van der Waals surface area contributed by atoms with Gasteiger partial charge in [-0.1, -0.05) is 68.1 Å². The van der Waals surface area contributed by atoms with Crippen molar-refractivity contribution >= 4 is 35.0 Å². The van der Waals surface area contributed by atoms with E-state index in [1.165, 1.54) is 5.56 Å². The minimum absolute atomic E-state index is 0.120. The van der Waals surface area contributed by atoms with E-state index in [-0.39, 0.29) is 31.0 Å². The van der Waals surface area contributed by atoms with Gasteiger partial charge >= 0.3 is 0 Å². The first-order chi connectivity index (χ1) is 15.9. The molecule has 0 spiro atoms. The van der Waals surface area contributed by atoms with Crippen molar-refractivity contribution in [2.75, 3.05) is 6.61 Å². The van der Waals surface area contributed by atoms with Crippen LogP contribution in [0.1, 0.15) is 57.1 Å². The predicted octanol–water partition coefficient (Wildman–Crippen LogP) is 5.80. The number of hydrogen-bond acceptors (Lipinski definition) is 3. The summed E-state index contributed by atoms with van der Waals surface area (Å²) in [4.78, 5) is 28.0. The van der Waals surface area contributed by atoms with Crippen LogP contribution in [0.4, 0.5) is 0 Å². The van der Waals surface area contributed by atoms with Crippen molar-refractivity contribution in [2.24, 2.45) is 0 Å². The number of halogens is 2. The number of rotatable bonds is 10. The fourth-order valence-electron chi connectivity index (χ4n) is 4.17. The van der Waals surface area contributed by atoms with Crippen LogP contribution in [0.15, 0.2) is 42.5 Å². The maximum absolute atomic E-state index is 13.3. The van der Waals surface area contributed by atoms with Crippen LogP contribution in [0.5, 0.6) is 5.75 Å². The zero-order chi connectivity index (χ0) is 23.8. The van der Waals surface area contributed by atoms with E-state index in [1.807, 2.05) is 37.3 Å². The third kappa shape index (κ3) is 7.12. The number of carbonyl (C=O) groups is 2. The van der Waals surface area contributed by atoms with E-state index in [0.717, 1.165) is 37.7 Å². The lowest BCUT2D eigenvalue weighted by Gasteiger charge is -2.31. The molecule has 178 valence electrons. The van der Waals surface area contributed by atoms with E-state index < -0.39 is 6.04 Å². The second-order valence-electron chi connectivity index (χ2n) is 8.47. The molecule has 5 nitrogen and oxygen atoms in total. The van der Waals surface area contributed by atoms with Gasteiger partial charge in [0.1, 0.15) is 11.8 Å². The van der Waals surface area contributed by atoms with Crippen molar-refractivity contribution in [3.63, 3.8) is 0 Å². The number of ether oxygens (including phenoxy) is 1. The Kier molecular flexibility index (Phi) is 9.45. The molecule has 0 unspecified atom stereocenters. The molecule has 1 fully saturated rings. The summed E-state index contributed by atoms with van der Waals surface area (Å²) in [5.74, 6) is 0.248. The summed E-state index contributed by atoms with van der Waals surface area (Å²) < 4.78 is 5.77. The number of hydrogen-bond donors (Lipinski definition) is 1. The molecule has 0 heterocycles. The van der Waals surface area contributed by atoms with E-state index in [0.29, 0.717) is 22.2 Å². The van der Waals surface area contributed by atoms with Gasteiger partial charge in [-0.25, -0.2) is 0 Å². The molecule has 1 atom stereocenters. The molecule has 0 radical (unpaired) electrons. The molecule has 2 amide bonds. The summed E-state index contributed by atoms with van der Waals surface area (Å²) in [7, 11) is 0. The molecule has 0 aliphatic heterocycles. The molecular formula is C26H32Cl2N2O3. The largest absolute Gasteiger partial charge is 0.484 e. The fourth-order valence-corrected chi connectivity index (χ4v) is 4.49. The monoisotopic (exact) mass is 490 g/mol. The van der Waals surface area contributed by atoms with Crippen molar-refractivity contribution in [3.8, 4) is 5.75 Å². The van der Waals surface area contributed by atoms with Crippen LogP contribution < -0.4 is 10.1 Å². The summed E-state index contributed by atoms with van der Waals surface area (Å²) in [6.07, 6.45) is 5.65. The van der Waals surface area contributed by atoms with Gasteiger partial charge in [-0.3, -0.25) is 9.59 Å². The van der Waals surface area contributed by atoms with Crippen LogP contribution in [-0.4, -0.2) is 35.4 Å². The summed E-state index contributed by atoms with van der Waals surface area (Å²) in [6, 6.07) is 12.5. The van der Waals surface area contributed by atoms with Gasteiger partial charge in [0, 0.05) is 12.6 Å². The van der Waals surface area contributed by atoms with Gasteiger partial charge in [0.15, 0.2) is 6.61 Å². The molecule has 33 heavy (non-hydrogen) atoms. The van der Waals surface area contributed by atoms with E-state index in [2.05, 4.69) is 12.2 Å². The SMILES string of the molecule is CCc1ccc(OCC(=O)N(Cc2ccc(Cl)c(Cl)c2)[C@H](CC)C(=O)NC2CCCC2)cc1. The molecule has 3 rings (SSSR count). The predicted molar refractivity (Wildman–Crippen MR) is 133 cm³/mol. The minimum atomic E-state index is -0.598. The highest BCUT2D eigenvalue weighted by Crippen LogP contribution is 2.25. The minimum Gasteiger partial charge on any atom is -0.484 e. The molecule has 0 bridgehead atoms. The average Bonchev–Trinajstić information content (AvgIpc) is 3.33. The van der Waals surface area contributed by atoms with Crippen molar-refractivity contribution in [3.05, 3.63) is 63.6 Å². The van der Waals surface area contributed by atoms with Gasteiger partial charge in [-0.15, -0.1) is 0 Å². The lowest BCUT2D eigenvalue weighted by Crippen LogP contribution is -2.52. The quantitative estimate of drug-likeness (QED) is 0.457. The summed E-state index contributed by atoms with van der Waals surface area (Å²) in [6.45, 7) is 4.09. The Labute approximate surface area is 206 Å². The number of amides is 2. The van der Waals surface area contributed by atoms with Crippen LogP contribution in [0, 0.1) is 0 Å². The molecule has 0 saturated heterocycles. The molecule has 0 aromatic heterocycles. The second kappa shape index (κ2) is 12.3. The lowest BCUT2D eigenvalue weighted by atomic mass is 10.1. The van der Waals surface area contributed by atoms with Gasteiger partial charge in [0.2, 0.25) is 5.91 Å². The molecule has 1 aliphatic carbocycles. The maximum atomic E-state index is 13.3. The lowest BCUT2D eigenvalue weighted by molar-refractivity contribution is -0.143. The highest BCUT2D eigenvalue weighted by Gasteiger charge is 2.31. The van der Waals surface area contributed by atoms with Gasteiger partial charge in [0.05, 0.1) is 10.0 Å². The molecule has 2 aromatic carbocycles. The third-order valence-corrected chi connectivity index (χ3v) is 6.86. The van der Waals surface area contributed by atoms with Gasteiger partial charge < -0.3 is 15.0 Å². The Balaban J connectivity index is 1.76. The topological polar surface area (TPSA) is 58.6 Å². The van der Waals surface area contributed by atoms with Crippen molar-refractivity contribution < 1.29 is 14.3 Å². The van der Waals surface area contributed by atoms with Crippen molar-refractivity contribution in [1.29, 1.82) is 0 Å². The maximum Gasteiger partial charge on any atom is 0.261 e. The van der Waals surface area contributed by atoms with Crippen LogP contribution in [0.25, 0.3) is 0 Å². The Hall–Kier alpha value is -2.24. The van der Waals surface area contributed by atoms with Crippen LogP contribution in [-0.2, 0) is 22.6 Å². The average molecular weight is 491 g/mol. The molecule has 2 aromatic rings. The Morgan fingerprint density at radius 3 is 2.30 bits per heavy atom. The van der Waals surface area contributed by atoms with Crippen LogP contribution in [0.3, 0.4) is 0 Å². The van der Waals surface area contributed by atoms with Crippen molar-refractivity contribution in [2.45, 2.75) is 71.0 Å². The number of carbonyl (C=O) groups excluding carboxylic acids is 2. The number of nitrogens with one attached hydrogen (secondary N) is 1. The van der Waals surface area contributed by atoms with Gasteiger partial charge in [-0.05, 0) is 61.1 Å². The molecule has 1 N–H and O–H groups in total. The van der Waals surface area contributed by atoms with E-state index in [4.69, 9.17) is 27.9 Å². The zero-order valence-electron chi connectivity index (χ0n) is 19.3. The fraction of sp³-hybridized carbons (Fsp3) is 0.462. The second-order valence-corrected chi connectivity index (χ2v) is 9.28.